The van der Waals surface area contributed by atoms with Crippen molar-refractivity contribution < 1.29 is 19.1 Å². The van der Waals surface area contributed by atoms with E-state index in [9.17, 15) is 9.59 Å². The summed E-state index contributed by atoms with van der Waals surface area (Å²) in [4.78, 5) is 28.7. The molecular weight excluding hydrogens is 320 g/mol. The Balaban J connectivity index is 1.36. The summed E-state index contributed by atoms with van der Waals surface area (Å²) in [5.74, 6) is 0.986. The summed E-state index contributed by atoms with van der Waals surface area (Å²) >= 11 is 0. The van der Waals surface area contributed by atoms with Crippen LogP contribution in [0.1, 0.15) is 39.5 Å². The molecule has 2 heterocycles. The van der Waals surface area contributed by atoms with Crippen molar-refractivity contribution >= 4 is 11.9 Å². The second-order valence-corrected chi connectivity index (χ2v) is 8.15. The molecule has 3 fully saturated rings. The molecule has 3 rings (SSSR count). The van der Waals surface area contributed by atoms with Gasteiger partial charge in [0.15, 0.2) is 0 Å². The molecule has 3 aliphatic rings. The Labute approximate surface area is 150 Å². The van der Waals surface area contributed by atoms with E-state index in [-0.39, 0.29) is 29.8 Å². The average Bonchev–Trinajstić information content (AvgIpc) is 3.44. The van der Waals surface area contributed by atoms with Crippen LogP contribution in [0.25, 0.3) is 0 Å². The summed E-state index contributed by atoms with van der Waals surface area (Å²) in [5.41, 5.74) is 0. The van der Waals surface area contributed by atoms with Crippen LogP contribution < -0.4 is 0 Å². The molecule has 0 N–H and O–H groups in total. The molecule has 0 bridgehead atoms. The first-order chi connectivity index (χ1) is 12.0. The number of rotatable bonds is 6. The zero-order chi connectivity index (χ0) is 17.8. The Kier molecular flexibility index (Phi) is 6.34. The summed E-state index contributed by atoms with van der Waals surface area (Å²) in [7, 11) is 0. The van der Waals surface area contributed by atoms with Crippen molar-refractivity contribution in [3.8, 4) is 0 Å². The quantitative estimate of drug-likeness (QED) is 0.679. The normalized spacial score (nSPS) is 26.0. The van der Waals surface area contributed by atoms with Gasteiger partial charge in [0.05, 0.1) is 12.5 Å². The Hall–Kier alpha value is -1.14. The van der Waals surface area contributed by atoms with Gasteiger partial charge in [-0.15, -0.1) is 0 Å². The Morgan fingerprint density at radius 3 is 2.44 bits per heavy atom. The van der Waals surface area contributed by atoms with Crippen molar-refractivity contribution in [2.24, 2.45) is 17.8 Å². The second-order valence-electron chi connectivity index (χ2n) is 8.15. The molecule has 1 aliphatic carbocycles. The van der Waals surface area contributed by atoms with Gasteiger partial charge in [0.25, 0.3) is 0 Å². The molecule has 6 heteroatoms. The van der Waals surface area contributed by atoms with Crippen molar-refractivity contribution in [2.45, 2.75) is 45.6 Å². The number of carbonyl (C=O) groups excluding carboxylic acids is 2. The van der Waals surface area contributed by atoms with Crippen molar-refractivity contribution in [2.75, 3.05) is 45.9 Å². The first kappa shape index (κ1) is 18.6. The summed E-state index contributed by atoms with van der Waals surface area (Å²) in [6.07, 6.45) is 3.50. The van der Waals surface area contributed by atoms with Crippen LogP contribution in [0.15, 0.2) is 0 Å². The maximum Gasteiger partial charge on any atom is 0.309 e. The van der Waals surface area contributed by atoms with Gasteiger partial charge in [0, 0.05) is 38.6 Å². The number of piperidine rings is 1. The van der Waals surface area contributed by atoms with Crippen LogP contribution in [0.4, 0.5) is 0 Å². The van der Waals surface area contributed by atoms with E-state index in [0.29, 0.717) is 32.2 Å². The molecule has 25 heavy (non-hydrogen) atoms. The predicted molar refractivity (Wildman–Crippen MR) is 94.0 cm³/mol. The molecule has 0 spiro atoms. The van der Waals surface area contributed by atoms with E-state index < -0.39 is 0 Å². The van der Waals surface area contributed by atoms with E-state index in [2.05, 4.69) is 18.7 Å². The minimum atomic E-state index is -0.122. The fourth-order valence-corrected chi connectivity index (χ4v) is 3.78. The molecular formula is C19H32N2O4. The summed E-state index contributed by atoms with van der Waals surface area (Å²) in [5, 5.41) is 0. The van der Waals surface area contributed by atoms with E-state index in [0.717, 1.165) is 45.3 Å². The van der Waals surface area contributed by atoms with Gasteiger partial charge in [-0.3, -0.25) is 14.5 Å². The van der Waals surface area contributed by atoms with Crippen molar-refractivity contribution in [1.29, 1.82) is 0 Å². The largest absolute Gasteiger partial charge is 0.463 e. The van der Waals surface area contributed by atoms with E-state index in [4.69, 9.17) is 9.47 Å². The molecule has 0 aromatic rings. The highest BCUT2D eigenvalue weighted by molar-refractivity contribution is 5.81. The third-order valence-electron chi connectivity index (χ3n) is 5.32. The number of ether oxygens (including phenoxy) is 2. The van der Waals surface area contributed by atoms with Crippen LogP contribution in [-0.2, 0) is 19.1 Å². The molecule has 2 saturated heterocycles. The zero-order valence-corrected chi connectivity index (χ0v) is 15.6. The number of hydrogen-bond acceptors (Lipinski definition) is 5. The van der Waals surface area contributed by atoms with Crippen LogP contribution in [0, 0.1) is 17.8 Å². The van der Waals surface area contributed by atoms with Gasteiger partial charge < -0.3 is 14.4 Å². The third-order valence-corrected chi connectivity index (χ3v) is 5.32. The van der Waals surface area contributed by atoms with Gasteiger partial charge in [-0.25, -0.2) is 0 Å². The lowest BCUT2D eigenvalue weighted by Crippen LogP contribution is -2.46. The average molecular weight is 352 g/mol. The molecule has 1 saturated carbocycles. The fraction of sp³-hybridized carbons (Fsp3) is 0.895. The lowest BCUT2D eigenvalue weighted by atomic mass is 9.96. The highest BCUT2D eigenvalue weighted by Gasteiger charge is 2.36. The molecule has 142 valence electrons. The molecule has 1 unspecified atom stereocenters. The summed E-state index contributed by atoms with van der Waals surface area (Å²) in [6.45, 7) is 9.70. The van der Waals surface area contributed by atoms with E-state index >= 15 is 0 Å². The first-order valence-electron chi connectivity index (χ1n) is 9.82. The smallest absolute Gasteiger partial charge is 0.309 e. The zero-order valence-electron chi connectivity index (χ0n) is 15.6. The van der Waals surface area contributed by atoms with Crippen LogP contribution in [0.3, 0.4) is 0 Å². The van der Waals surface area contributed by atoms with Crippen LogP contribution >= 0.6 is 0 Å². The van der Waals surface area contributed by atoms with Gasteiger partial charge >= 0.3 is 5.97 Å². The molecule has 1 atom stereocenters. The topological polar surface area (TPSA) is 59.1 Å². The van der Waals surface area contributed by atoms with Crippen LogP contribution in [0.2, 0.25) is 0 Å². The van der Waals surface area contributed by atoms with Crippen LogP contribution in [0.5, 0.6) is 0 Å². The van der Waals surface area contributed by atoms with Crippen molar-refractivity contribution in [3.63, 3.8) is 0 Å². The number of amides is 1. The fourth-order valence-electron chi connectivity index (χ4n) is 3.78. The minimum absolute atomic E-state index is 0.0204. The van der Waals surface area contributed by atoms with Gasteiger partial charge in [0.2, 0.25) is 5.91 Å². The van der Waals surface area contributed by atoms with E-state index in [1.54, 1.807) is 0 Å². The van der Waals surface area contributed by atoms with Gasteiger partial charge in [-0.05, 0) is 31.6 Å². The van der Waals surface area contributed by atoms with Crippen molar-refractivity contribution in [3.05, 3.63) is 0 Å². The highest BCUT2D eigenvalue weighted by Crippen LogP contribution is 2.32. The molecule has 0 aromatic heterocycles. The van der Waals surface area contributed by atoms with E-state index in [1.807, 2.05) is 4.90 Å². The van der Waals surface area contributed by atoms with Gasteiger partial charge in [0.1, 0.15) is 12.7 Å². The van der Waals surface area contributed by atoms with Gasteiger partial charge in [-0.2, -0.15) is 0 Å². The standard InChI is InChI=1S/C19H32N2O4/c1-14(2)11-20-9-10-24-17(12-20)13-25-19(23)16-5-7-21(8-6-16)18(22)15-3-4-15/h14-17H,3-13H2,1-2H3. The SMILES string of the molecule is CC(C)CN1CCOC(COC(=O)C2CCN(C(=O)C3CC3)CC2)C1. The number of esters is 1. The first-order valence-corrected chi connectivity index (χ1v) is 9.82. The lowest BCUT2D eigenvalue weighted by Gasteiger charge is -2.34. The van der Waals surface area contributed by atoms with Gasteiger partial charge in [-0.1, -0.05) is 13.8 Å². The number of hydrogen-bond donors (Lipinski definition) is 0. The summed E-state index contributed by atoms with van der Waals surface area (Å²) < 4.78 is 11.3. The number of carbonyl (C=O) groups is 2. The predicted octanol–water partition coefficient (Wildman–Crippen LogP) is 1.53. The second kappa shape index (κ2) is 8.49. The summed E-state index contributed by atoms with van der Waals surface area (Å²) in [6, 6.07) is 0. The molecule has 1 amide bonds. The molecule has 0 radical (unpaired) electrons. The Morgan fingerprint density at radius 1 is 1.08 bits per heavy atom. The highest BCUT2D eigenvalue weighted by atomic mass is 16.6. The van der Waals surface area contributed by atoms with E-state index in [1.165, 1.54) is 0 Å². The Morgan fingerprint density at radius 2 is 1.80 bits per heavy atom. The number of likely N-dealkylation sites (tertiary alicyclic amines) is 1. The maximum absolute atomic E-state index is 12.3. The minimum Gasteiger partial charge on any atom is -0.463 e. The van der Waals surface area contributed by atoms with Crippen LogP contribution in [-0.4, -0.2) is 73.7 Å². The third kappa shape index (κ3) is 5.42. The molecule has 0 aromatic carbocycles. The molecule has 2 aliphatic heterocycles. The monoisotopic (exact) mass is 352 g/mol. The number of nitrogens with zero attached hydrogens (tertiary/aromatic N) is 2. The number of morpholine rings is 1. The lowest BCUT2D eigenvalue weighted by molar-refractivity contribution is -0.158. The van der Waals surface area contributed by atoms with Crippen molar-refractivity contribution in [1.82, 2.24) is 9.80 Å². The maximum atomic E-state index is 12.3. The Bertz CT molecular complexity index is 470. The molecule has 6 nitrogen and oxygen atoms in total.